The van der Waals surface area contributed by atoms with Gasteiger partial charge < -0.3 is 5.32 Å². The van der Waals surface area contributed by atoms with E-state index in [1.54, 1.807) is 6.33 Å². The molecule has 1 N–H and O–H groups in total. The Balaban J connectivity index is 1.76. The average molecular weight is 268 g/mol. The van der Waals surface area contributed by atoms with Crippen LogP contribution in [0.2, 0.25) is 0 Å². The third-order valence-corrected chi connectivity index (χ3v) is 4.70. The summed E-state index contributed by atoms with van der Waals surface area (Å²) < 4.78 is 2.01. The van der Waals surface area contributed by atoms with Crippen LogP contribution < -0.4 is 5.32 Å². The molecule has 1 aliphatic rings. The zero-order chi connectivity index (χ0) is 12.8. The minimum Gasteiger partial charge on any atom is -0.307 e. The quantitative estimate of drug-likeness (QED) is 0.825. The number of nitrogens with zero attached hydrogens (tertiary/aromatic N) is 3. The summed E-state index contributed by atoms with van der Waals surface area (Å²) in [5, 5.41) is 8.75. The fourth-order valence-corrected chi connectivity index (χ4v) is 3.71. The Labute approximate surface area is 114 Å². The van der Waals surface area contributed by atoms with Crippen LogP contribution in [0, 0.1) is 0 Å². The van der Waals surface area contributed by atoms with Gasteiger partial charge in [0.25, 0.3) is 0 Å². The molecule has 0 aromatic carbocycles. The number of hydrogen-bond donors (Lipinski definition) is 1. The van der Waals surface area contributed by atoms with Crippen LogP contribution in [0.25, 0.3) is 0 Å². The monoisotopic (exact) mass is 268 g/mol. The maximum atomic E-state index is 4.34. The fraction of sp³-hybridized carbons (Fsp3) is 0.846. The molecule has 0 amide bonds. The minimum atomic E-state index is 0.667. The Morgan fingerprint density at radius 3 is 3.11 bits per heavy atom. The first-order valence-corrected chi connectivity index (χ1v) is 8.10. The molecule has 2 unspecified atom stereocenters. The lowest BCUT2D eigenvalue weighted by Crippen LogP contribution is -2.27. The van der Waals surface area contributed by atoms with Crippen molar-refractivity contribution in [3.63, 3.8) is 0 Å². The standard InChI is InChI=1S/C13H24N4S/c1-3-7-17-13(15-10-16-17)9-14-11-5-6-12(8-11)18-4-2/h10-12,14H,3-9H2,1-2H3. The highest BCUT2D eigenvalue weighted by Crippen LogP contribution is 2.29. The molecule has 1 aromatic heterocycles. The lowest BCUT2D eigenvalue weighted by Gasteiger charge is -2.13. The van der Waals surface area contributed by atoms with Crippen LogP contribution in [0.3, 0.4) is 0 Å². The summed E-state index contributed by atoms with van der Waals surface area (Å²) in [6, 6.07) is 0.667. The van der Waals surface area contributed by atoms with Gasteiger partial charge in [-0.15, -0.1) is 0 Å². The van der Waals surface area contributed by atoms with Crippen molar-refractivity contribution in [3.05, 3.63) is 12.2 Å². The normalized spacial score (nSPS) is 23.7. The van der Waals surface area contributed by atoms with Gasteiger partial charge >= 0.3 is 0 Å². The van der Waals surface area contributed by atoms with E-state index in [0.717, 1.165) is 30.6 Å². The van der Waals surface area contributed by atoms with Crippen molar-refractivity contribution in [2.75, 3.05) is 5.75 Å². The molecule has 0 radical (unpaired) electrons. The van der Waals surface area contributed by atoms with Crippen molar-refractivity contribution in [1.29, 1.82) is 0 Å². The minimum absolute atomic E-state index is 0.667. The molecule has 18 heavy (non-hydrogen) atoms. The van der Waals surface area contributed by atoms with Crippen molar-refractivity contribution in [1.82, 2.24) is 20.1 Å². The maximum Gasteiger partial charge on any atom is 0.140 e. The molecule has 0 saturated heterocycles. The molecule has 2 rings (SSSR count). The highest BCUT2D eigenvalue weighted by Gasteiger charge is 2.24. The van der Waals surface area contributed by atoms with E-state index in [4.69, 9.17) is 0 Å². The van der Waals surface area contributed by atoms with Gasteiger partial charge in [0.05, 0.1) is 6.54 Å². The third-order valence-electron chi connectivity index (χ3n) is 3.47. The van der Waals surface area contributed by atoms with Crippen LogP contribution in [0.15, 0.2) is 6.33 Å². The lowest BCUT2D eigenvalue weighted by atomic mass is 10.2. The second-order valence-electron chi connectivity index (χ2n) is 4.87. The van der Waals surface area contributed by atoms with Crippen LogP contribution in [-0.2, 0) is 13.1 Å². The van der Waals surface area contributed by atoms with E-state index in [1.807, 2.05) is 4.68 Å². The Kier molecular flexibility index (Phi) is 5.50. The van der Waals surface area contributed by atoms with Crippen molar-refractivity contribution in [2.24, 2.45) is 0 Å². The predicted octanol–water partition coefficient (Wildman–Crippen LogP) is 2.45. The van der Waals surface area contributed by atoms with Crippen molar-refractivity contribution >= 4 is 11.8 Å². The van der Waals surface area contributed by atoms with Gasteiger partial charge in [0.15, 0.2) is 0 Å². The van der Waals surface area contributed by atoms with Crippen LogP contribution in [0.1, 0.15) is 45.4 Å². The highest BCUT2D eigenvalue weighted by atomic mass is 32.2. The molecule has 1 heterocycles. The second-order valence-corrected chi connectivity index (χ2v) is 6.44. The largest absolute Gasteiger partial charge is 0.307 e. The fourth-order valence-electron chi connectivity index (χ4n) is 2.57. The summed E-state index contributed by atoms with van der Waals surface area (Å²) >= 11 is 2.10. The van der Waals surface area contributed by atoms with Gasteiger partial charge in [0, 0.05) is 17.8 Å². The molecule has 5 heteroatoms. The average Bonchev–Trinajstić information content (AvgIpc) is 2.97. The number of rotatable bonds is 7. The van der Waals surface area contributed by atoms with Crippen molar-refractivity contribution in [3.8, 4) is 0 Å². The zero-order valence-electron chi connectivity index (χ0n) is 11.4. The van der Waals surface area contributed by atoms with Gasteiger partial charge in [0.2, 0.25) is 0 Å². The number of hydrogen-bond acceptors (Lipinski definition) is 4. The van der Waals surface area contributed by atoms with E-state index >= 15 is 0 Å². The van der Waals surface area contributed by atoms with E-state index in [9.17, 15) is 0 Å². The smallest absolute Gasteiger partial charge is 0.140 e. The van der Waals surface area contributed by atoms with Crippen LogP contribution in [-0.4, -0.2) is 31.8 Å². The first-order chi connectivity index (χ1) is 8.83. The van der Waals surface area contributed by atoms with Gasteiger partial charge in [-0.2, -0.15) is 16.9 Å². The molecular weight excluding hydrogens is 244 g/mol. The van der Waals surface area contributed by atoms with E-state index in [1.165, 1.54) is 25.0 Å². The van der Waals surface area contributed by atoms with Crippen LogP contribution >= 0.6 is 11.8 Å². The Morgan fingerprint density at radius 1 is 1.44 bits per heavy atom. The third kappa shape index (κ3) is 3.72. The first-order valence-electron chi connectivity index (χ1n) is 7.05. The highest BCUT2D eigenvalue weighted by molar-refractivity contribution is 7.99. The number of aryl methyl sites for hydroxylation is 1. The van der Waals surface area contributed by atoms with E-state index < -0.39 is 0 Å². The summed E-state index contributed by atoms with van der Waals surface area (Å²) in [4.78, 5) is 4.34. The van der Waals surface area contributed by atoms with Gasteiger partial charge in [-0.3, -0.25) is 0 Å². The maximum absolute atomic E-state index is 4.34. The van der Waals surface area contributed by atoms with Crippen LogP contribution in [0.5, 0.6) is 0 Å². The molecule has 2 atom stereocenters. The molecule has 0 spiro atoms. The zero-order valence-corrected chi connectivity index (χ0v) is 12.2. The lowest BCUT2D eigenvalue weighted by molar-refractivity contribution is 0.485. The molecule has 1 saturated carbocycles. The number of thioether (sulfide) groups is 1. The molecule has 4 nitrogen and oxygen atoms in total. The summed E-state index contributed by atoms with van der Waals surface area (Å²) in [6.07, 6.45) is 6.74. The van der Waals surface area contributed by atoms with Gasteiger partial charge in [-0.05, 0) is 31.4 Å². The van der Waals surface area contributed by atoms with E-state index in [0.29, 0.717) is 6.04 Å². The van der Waals surface area contributed by atoms with Crippen molar-refractivity contribution < 1.29 is 0 Å². The molecule has 102 valence electrons. The van der Waals surface area contributed by atoms with E-state index in [-0.39, 0.29) is 0 Å². The van der Waals surface area contributed by atoms with E-state index in [2.05, 4.69) is 41.0 Å². The number of nitrogens with one attached hydrogen (secondary N) is 1. The summed E-state index contributed by atoms with van der Waals surface area (Å²) in [7, 11) is 0. The Bertz CT molecular complexity index is 353. The Hall–Kier alpha value is -0.550. The van der Waals surface area contributed by atoms with Gasteiger partial charge in [-0.25, -0.2) is 9.67 Å². The molecule has 0 aliphatic heterocycles. The Morgan fingerprint density at radius 2 is 2.33 bits per heavy atom. The number of aromatic nitrogens is 3. The van der Waals surface area contributed by atoms with Crippen LogP contribution in [0.4, 0.5) is 0 Å². The molecule has 1 fully saturated rings. The molecule has 0 bridgehead atoms. The molecular formula is C13H24N4S. The SMILES string of the molecule is CCCn1ncnc1CNC1CCC(SCC)C1. The summed E-state index contributed by atoms with van der Waals surface area (Å²) in [5.74, 6) is 2.31. The second kappa shape index (κ2) is 7.14. The van der Waals surface area contributed by atoms with Gasteiger partial charge in [0.1, 0.15) is 12.2 Å². The molecule has 1 aromatic rings. The predicted molar refractivity (Wildman–Crippen MR) is 76.7 cm³/mol. The topological polar surface area (TPSA) is 42.7 Å². The van der Waals surface area contributed by atoms with Crippen molar-refractivity contribution in [2.45, 2.75) is 63.9 Å². The molecule has 1 aliphatic carbocycles. The summed E-state index contributed by atoms with van der Waals surface area (Å²) in [6.45, 7) is 6.24. The van der Waals surface area contributed by atoms with Gasteiger partial charge in [-0.1, -0.05) is 13.8 Å². The first kappa shape index (κ1) is 13.9. The summed E-state index contributed by atoms with van der Waals surface area (Å²) in [5.41, 5.74) is 0.